The minimum Gasteiger partial charge on any atom is -0.443 e. The van der Waals surface area contributed by atoms with Crippen LogP contribution in [0.5, 0.6) is 0 Å². The lowest BCUT2D eigenvalue weighted by atomic mass is 10.0. The summed E-state index contributed by atoms with van der Waals surface area (Å²) in [5.74, 6) is -1.43. The molecule has 35 heavy (non-hydrogen) atoms. The van der Waals surface area contributed by atoms with Crippen LogP contribution in [-0.2, 0) is 14.3 Å². The van der Waals surface area contributed by atoms with E-state index in [1.165, 1.54) is 0 Å². The Kier molecular flexibility index (Phi) is 8.16. The van der Waals surface area contributed by atoms with Gasteiger partial charge < -0.3 is 15.0 Å². The molecule has 4 N–H and O–H groups in total. The third-order valence-electron chi connectivity index (χ3n) is 5.59. The number of benzene rings is 1. The van der Waals surface area contributed by atoms with Crippen molar-refractivity contribution in [2.24, 2.45) is 11.8 Å². The predicted molar refractivity (Wildman–Crippen MR) is 131 cm³/mol. The average molecular weight is 486 g/mol. The van der Waals surface area contributed by atoms with Crippen LogP contribution in [0.3, 0.4) is 0 Å². The van der Waals surface area contributed by atoms with Crippen molar-refractivity contribution >= 4 is 34.7 Å². The second-order valence-electron chi connectivity index (χ2n) is 10.3. The van der Waals surface area contributed by atoms with Gasteiger partial charge in [0.25, 0.3) is 11.8 Å². The molecule has 1 saturated heterocycles. The molecule has 2 atom stereocenters. The van der Waals surface area contributed by atoms with Crippen molar-refractivity contribution in [3.8, 4) is 0 Å². The van der Waals surface area contributed by atoms with Gasteiger partial charge in [0.15, 0.2) is 0 Å². The minimum absolute atomic E-state index is 0.160. The Hall–Kier alpha value is -3.40. The second kappa shape index (κ2) is 10.9. The number of aromatic nitrogens is 1. The van der Waals surface area contributed by atoms with Crippen LogP contribution in [-0.4, -0.2) is 58.4 Å². The van der Waals surface area contributed by atoms with Gasteiger partial charge in [-0.05, 0) is 51.7 Å². The average Bonchev–Trinajstić information content (AvgIpc) is 3.35. The van der Waals surface area contributed by atoms with Gasteiger partial charge >= 0.3 is 6.09 Å². The van der Waals surface area contributed by atoms with Gasteiger partial charge in [-0.25, -0.2) is 15.1 Å². The van der Waals surface area contributed by atoms with Crippen molar-refractivity contribution in [2.45, 2.75) is 59.1 Å². The molecule has 0 saturated carbocycles. The third-order valence-corrected chi connectivity index (χ3v) is 5.59. The number of para-hydroxylation sites is 1. The van der Waals surface area contributed by atoms with Crippen molar-refractivity contribution in [2.75, 3.05) is 13.1 Å². The molecule has 2 aromatic rings. The molecule has 0 aliphatic carbocycles. The maximum atomic E-state index is 12.8. The molecule has 10 heteroatoms. The van der Waals surface area contributed by atoms with Gasteiger partial charge in [0.1, 0.15) is 17.3 Å². The zero-order valence-corrected chi connectivity index (χ0v) is 20.9. The first-order valence-corrected chi connectivity index (χ1v) is 11.9. The Bertz CT molecular complexity index is 1050. The number of fused-ring (bicyclic) bond motifs is 1. The topological polar surface area (TPSA) is 133 Å². The number of hydrogen-bond acceptors (Lipinski definition) is 6. The molecule has 0 bridgehead atoms. The van der Waals surface area contributed by atoms with E-state index in [0.29, 0.717) is 18.5 Å². The summed E-state index contributed by atoms with van der Waals surface area (Å²) in [7, 11) is 0. The Morgan fingerprint density at radius 2 is 1.91 bits per heavy atom. The summed E-state index contributed by atoms with van der Waals surface area (Å²) in [5, 5.41) is 3.71. The quantitative estimate of drug-likeness (QED) is 0.425. The van der Waals surface area contributed by atoms with Gasteiger partial charge in [-0.1, -0.05) is 32.0 Å². The maximum Gasteiger partial charge on any atom is 0.417 e. The minimum atomic E-state index is -0.765. The SMILES string of the molecule is CC(C)C[C@H](NC(=O)c1cc2ccccc2[nH]1)C(=O)NNCC1CCN(C(=O)OC(C)(C)C)C1=O. The van der Waals surface area contributed by atoms with Crippen molar-refractivity contribution in [3.63, 3.8) is 0 Å². The summed E-state index contributed by atoms with van der Waals surface area (Å²) < 4.78 is 5.28. The normalized spacial score (nSPS) is 17.0. The van der Waals surface area contributed by atoms with Crippen LogP contribution in [0.25, 0.3) is 10.9 Å². The fourth-order valence-electron chi connectivity index (χ4n) is 3.91. The van der Waals surface area contributed by atoms with Crippen LogP contribution >= 0.6 is 0 Å². The Balaban J connectivity index is 1.53. The number of carbonyl (C=O) groups excluding carboxylic acids is 4. The van der Waals surface area contributed by atoms with Crippen molar-refractivity contribution in [1.82, 2.24) is 26.1 Å². The third kappa shape index (κ3) is 7.05. The number of ether oxygens (including phenoxy) is 1. The molecule has 190 valence electrons. The number of H-pyrrole nitrogens is 1. The van der Waals surface area contributed by atoms with Crippen LogP contribution in [0.2, 0.25) is 0 Å². The Labute approximate surface area is 205 Å². The first-order chi connectivity index (χ1) is 16.4. The number of hydrogen-bond donors (Lipinski definition) is 4. The molecule has 0 spiro atoms. The zero-order valence-electron chi connectivity index (χ0n) is 20.9. The highest BCUT2D eigenvalue weighted by Gasteiger charge is 2.37. The smallest absolute Gasteiger partial charge is 0.417 e. The zero-order chi connectivity index (χ0) is 25.8. The molecule has 1 aromatic heterocycles. The van der Waals surface area contributed by atoms with E-state index >= 15 is 0 Å². The van der Waals surface area contributed by atoms with Crippen molar-refractivity contribution < 1.29 is 23.9 Å². The highest BCUT2D eigenvalue weighted by atomic mass is 16.6. The number of likely N-dealkylation sites (tertiary alicyclic amines) is 1. The molecule has 1 aliphatic rings. The highest BCUT2D eigenvalue weighted by Crippen LogP contribution is 2.20. The lowest BCUT2D eigenvalue weighted by Gasteiger charge is -2.23. The lowest BCUT2D eigenvalue weighted by Crippen LogP contribution is -2.52. The van der Waals surface area contributed by atoms with Gasteiger partial charge in [-0.15, -0.1) is 0 Å². The molecule has 1 aliphatic heterocycles. The number of imide groups is 1. The monoisotopic (exact) mass is 485 g/mol. The molecule has 4 amide bonds. The van der Waals surface area contributed by atoms with Gasteiger partial charge in [0.05, 0.1) is 5.92 Å². The maximum absolute atomic E-state index is 12.8. The summed E-state index contributed by atoms with van der Waals surface area (Å²) in [6, 6.07) is 8.53. The van der Waals surface area contributed by atoms with E-state index in [2.05, 4.69) is 21.2 Å². The van der Waals surface area contributed by atoms with E-state index in [4.69, 9.17) is 4.74 Å². The van der Waals surface area contributed by atoms with Gasteiger partial charge in [-0.2, -0.15) is 0 Å². The first kappa shape index (κ1) is 26.2. The standard InChI is InChI=1S/C25H35N5O5/c1-15(2)12-19(28-21(31)20-13-16-8-6-7-9-18(16)27-20)22(32)29-26-14-17-10-11-30(23(17)33)24(34)35-25(3,4)5/h6-9,13,15,17,19,26-27H,10-12,14H2,1-5H3,(H,28,31)(H,29,32)/t17?,19-/m0/s1. The van der Waals surface area contributed by atoms with Gasteiger partial charge in [0.2, 0.25) is 5.91 Å². The summed E-state index contributed by atoms with van der Waals surface area (Å²) in [5.41, 5.74) is 5.92. The van der Waals surface area contributed by atoms with E-state index in [-0.39, 0.29) is 30.8 Å². The van der Waals surface area contributed by atoms with Gasteiger partial charge in [0, 0.05) is 24.0 Å². The van der Waals surface area contributed by atoms with Crippen LogP contribution in [0.1, 0.15) is 57.9 Å². The Morgan fingerprint density at radius 1 is 1.20 bits per heavy atom. The molecule has 10 nitrogen and oxygen atoms in total. The fourth-order valence-corrected chi connectivity index (χ4v) is 3.91. The molecule has 1 unspecified atom stereocenters. The van der Waals surface area contributed by atoms with Crippen LogP contribution < -0.4 is 16.2 Å². The van der Waals surface area contributed by atoms with E-state index in [1.54, 1.807) is 26.8 Å². The van der Waals surface area contributed by atoms with E-state index in [0.717, 1.165) is 15.8 Å². The Morgan fingerprint density at radius 3 is 2.57 bits per heavy atom. The summed E-state index contributed by atoms with van der Waals surface area (Å²) in [6.45, 7) is 9.58. The van der Waals surface area contributed by atoms with Crippen molar-refractivity contribution in [1.29, 1.82) is 0 Å². The van der Waals surface area contributed by atoms with Crippen LogP contribution in [0.15, 0.2) is 30.3 Å². The number of hydrazine groups is 1. The number of aromatic amines is 1. The number of nitrogens with zero attached hydrogens (tertiary/aromatic N) is 1. The predicted octanol–water partition coefficient (Wildman–Crippen LogP) is 2.72. The molecular formula is C25H35N5O5. The van der Waals surface area contributed by atoms with E-state index in [9.17, 15) is 19.2 Å². The van der Waals surface area contributed by atoms with Crippen LogP contribution in [0, 0.1) is 11.8 Å². The first-order valence-electron chi connectivity index (χ1n) is 11.9. The number of rotatable bonds is 8. The lowest BCUT2D eigenvalue weighted by molar-refractivity contribution is -0.131. The van der Waals surface area contributed by atoms with Gasteiger partial charge in [-0.3, -0.25) is 19.8 Å². The second-order valence-corrected chi connectivity index (χ2v) is 10.3. The molecule has 3 rings (SSSR count). The van der Waals surface area contributed by atoms with Crippen LogP contribution in [0.4, 0.5) is 4.79 Å². The summed E-state index contributed by atoms with van der Waals surface area (Å²) >= 11 is 0. The largest absolute Gasteiger partial charge is 0.443 e. The number of nitrogens with one attached hydrogen (secondary N) is 4. The highest BCUT2D eigenvalue weighted by molar-refractivity contribution is 6.00. The summed E-state index contributed by atoms with van der Waals surface area (Å²) in [6.07, 6.45) is 0.243. The summed E-state index contributed by atoms with van der Waals surface area (Å²) in [4.78, 5) is 54.6. The molecule has 1 fully saturated rings. The van der Waals surface area contributed by atoms with E-state index in [1.807, 2.05) is 38.1 Å². The molecule has 0 radical (unpaired) electrons. The number of amides is 4. The molecular weight excluding hydrogens is 450 g/mol. The van der Waals surface area contributed by atoms with E-state index < -0.39 is 29.6 Å². The fraction of sp³-hybridized carbons (Fsp3) is 0.520. The molecule has 2 heterocycles. The number of carbonyl (C=O) groups is 4. The van der Waals surface area contributed by atoms with Crippen molar-refractivity contribution in [3.05, 3.63) is 36.0 Å². The molecule has 1 aromatic carbocycles.